The predicted molar refractivity (Wildman–Crippen MR) is 86.9 cm³/mol. The summed E-state index contributed by atoms with van der Waals surface area (Å²) in [6, 6.07) is 5.11. The van der Waals surface area contributed by atoms with Gasteiger partial charge in [0.05, 0.1) is 11.5 Å². The van der Waals surface area contributed by atoms with E-state index in [1.165, 1.54) is 10.6 Å². The van der Waals surface area contributed by atoms with Crippen molar-refractivity contribution in [2.45, 2.75) is 38.1 Å². The molecule has 3 rings (SSSR count). The van der Waals surface area contributed by atoms with Crippen LogP contribution in [0, 0.1) is 5.92 Å². The van der Waals surface area contributed by atoms with E-state index in [0.717, 1.165) is 12.8 Å². The Labute approximate surface area is 138 Å². The first-order valence-corrected chi connectivity index (χ1v) is 7.94. The fraction of sp³-hybridized carbons (Fsp3) is 0.412. The van der Waals surface area contributed by atoms with Crippen molar-refractivity contribution in [3.63, 3.8) is 0 Å². The third-order valence-corrected chi connectivity index (χ3v) is 4.76. The molecule has 1 saturated carbocycles. The van der Waals surface area contributed by atoms with Crippen LogP contribution in [-0.4, -0.2) is 31.9 Å². The summed E-state index contributed by atoms with van der Waals surface area (Å²) < 4.78 is 1.30. The van der Waals surface area contributed by atoms with Crippen LogP contribution in [-0.2, 0) is 4.79 Å². The van der Waals surface area contributed by atoms with Gasteiger partial charge in [-0.15, -0.1) is 0 Å². The molecule has 24 heavy (non-hydrogen) atoms. The molecule has 2 heterocycles. The Morgan fingerprint density at radius 1 is 1.38 bits per heavy atom. The minimum absolute atomic E-state index is 0.0883. The number of hydrogen-bond acceptors (Lipinski definition) is 4. The summed E-state index contributed by atoms with van der Waals surface area (Å²) in [4.78, 5) is 40.7. The second-order valence-corrected chi connectivity index (χ2v) is 6.41. The van der Waals surface area contributed by atoms with Crippen LogP contribution in [0.5, 0.6) is 0 Å². The zero-order valence-electron chi connectivity index (χ0n) is 13.4. The molecule has 0 aliphatic heterocycles. The van der Waals surface area contributed by atoms with Crippen molar-refractivity contribution in [2.24, 2.45) is 5.92 Å². The van der Waals surface area contributed by atoms with E-state index in [1.807, 2.05) is 0 Å². The van der Waals surface area contributed by atoms with Crippen molar-refractivity contribution in [1.82, 2.24) is 14.7 Å². The van der Waals surface area contributed by atoms with Crippen LogP contribution in [0.25, 0.3) is 5.65 Å². The van der Waals surface area contributed by atoms with Crippen LogP contribution in [0.1, 0.15) is 43.0 Å². The molecule has 0 saturated heterocycles. The normalized spacial score (nSPS) is 23.8. The molecule has 7 heteroatoms. The van der Waals surface area contributed by atoms with Gasteiger partial charge in [-0.1, -0.05) is 18.9 Å². The molecule has 2 aromatic rings. The molecule has 2 unspecified atom stereocenters. The molecule has 2 aromatic heterocycles. The van der Waals surface area contributed by atoms with E-state index in [1.54, 1.807) is 31.3 Å². The maximum absolute atomic E-state index is 12.6. The van der Waals surface area contributed by atoms with Gasteiger partial charge in [0.25, 0.3) is 11.5 Å². The molecule has 2 atom stereocenters. The Hall–Kier alpha value is -2.70. The molecule has 0 radical (unpaired) electrons. The second-order valence-electron chi connectivity index (χ2n) is 6.41. The van der Waals surface area contributed by atoms with E-state index in [2.05, 4.69) is 10.3 Å². The SMILES string of the molecule is CC1(NC(=O)c2cnc3ccccn3c2=O)CCCCC1C(=O)O. The molecule has 0 aromatic carbocycles. The van der Waals surface area contributed by atoms with Gasteiger partial charge < -0.3 is 10.4 Å². The van der Waals surface area contributed by atoms with Crippen LogP contribution < -0.4 is 10.9 Å². The summed E-state index contributed by atoms with van der Waals surface area (Å²) in [5, 5.41) is 12.2. The van der Waals surface area contributed by atoms with Gasteiger partial charge in [-0.2, -0.15) is 0 Å². The first kappa shape index (κ1) is 16.2. The lowest BCUT2D eigenvalue weighted by atomic mass is 9.74. The zero-order valence-corrected chi connectivity index (χ0v) is 13.4. The highest BCUT2D eigenvalue weighted by Gasteiger charge is 2.42. The van der Waals surface area contributed by atoms with Gasteiger partial charge in [0.15, 0.2) is 0 Å². The molecular formula is C17H19N3O4. The standard InChI is InChI=1S/C17H19N3O4/c1-17(8-4-2-6-12(17)16(23)24)19-14(21)11-10-18-13-7-3-5-9-20(13)15(11)22/h3,5,7,9-10,12H,2,4,6,8H2,1H3,(H,19,21)(H,23,24). The lowest BCUT2D eigenvalue weighted by Crippen LogP contribution is -2.56. The smallest absolute Gasteiger partial charge is 0.308 e. The molecule has 1 amide bonds. The van der Waals surface area contributed by atoms with E-state index < -0.39 is 28.9 Å². The molecule has 126 valence electrons. The maximum atomic E-state index is 12.6. The highest BCUT2D eigenvalue weighted by molar-refractivity contribution is 5.94. The van der Waals surface area contributed by atoms with Gasteiger partial charge in [-0.05, 0) is 31.9 Å². The number of nitrogens with zero attached hydrogens (tertiary/aromatic N) is 2. The summed E-state index contributed by atoms with van der Waals surface area (Å²) in [6.45, 7) is 1.73. The quantitative estimate of drug-likeness (QED) is 0.888. The lowest BCUT2D eigenvalue weighted by Gasteiger charge is -2.39. The largest absolute Gasteiger partial charge is 0.481 e. The monoisotopic (exact) mass is 329 g/mol. The molecular weight excluding hydrogens is 310 g/mol. The first-order chi connectivity index (χ1) is 11.4. The van der Waals surface area contributed by atoms with Gasteiger partial charge in [-0.3, -0.25) is 18.8 Å². The number of hydrogen-bond donors (Lipinski definition) is 2. The number of aliphatic carboxylic acids is 1. The molecule has 7 nitrogen and oxygen atoms in total. The highest BCUT2D eigenvalue weighted by atomic mass is 16.4. The molecule has 1 aliphatic rings. The van der Waals surface area contributed by atoms with Crippen molar-refractivity contribution in [3.8, 4) is 0 Å². The fourth-order valence-corrected chi connectivity index (χ4v) is 3.39. The Morgan fingerprint density at radius 3 is 2.92 bits per heavy atom. The van der Waals surface area contributed by atoms with Crippen LogP contribution in [0.3, 0.4) is 0 Å². The molecule has 2 N–H and O–H groups in total. The number of carboxylic acids is 1. The number of fused-ring (bicyclic) bond motifs is 1. The van der Waals surface area contributed by atoms with E-state index in [4.69, 9.17) is 0 Å². The first-order valence-electron chi connectivity index (χ1n) is 7.94. The second kappa shape index (κ2) is 6.07. The Morgan fingerprint density at radius 2 is 2.17 bits per heavy atom. The van der Waals surface area contributed by atoms with Gasteiger partial charge in [-0.25, -0.2) is 4.98 Å². The van der Waals surface area contributed by atoms with E-state index >= 15 is 0 Å². The average molecular weight is 329 g/mol. The summed E-state index contributed by atoms with van der Waals surface area (Å²) in [7, 11) is 0. The topological polar surface area (TPSA) is 101 Å². The number of rotatable bonds is 3. The number of pyridine rings is 1. The molecule has 0 spiro atoms. The highest BCUT2D eigenvalue weighted by Crippen LogP contribution is 2.34. The lowest BCUT2D eigenvalue weighted by molar-refractivity contribution is -0.145. The third kappa shape index (κ3) is 2.77. The third-order valence-electron chi connectivity index (χ3n) is 4.76. The molecule has 1 aliphatic carbocycles. The molecule has 1 fully saturated rings. The van der Waals surface area contributed by atoms with Gasteiger partial charge in [0.1, 0.15) is 11.2 Å². The van der Waals surface area contributed by atoms with E-state index in [-0.39, 0.29) is 5.56 Å². The number of aromatic nitrogens is 2. The van der Waals surface area contributed by atoms with Crippen LogP contribution in [0.2, 0.25) is 0 Å². The van der Waals surface area contributed by atoms with Crippen LogP contribution in [0.4, 0.5) is 0 Å². The summed E-state index contributed by atoms with van der Waals surface area (Å²) in [5.41, 5.74) is -0.977. The van der Waals surface area contributed by atoms with Crippen molar-refractivity contribution >= 4 is 17.5 Å². The predicted octanol–water partition coefficient (Wildman–Crippen LogP) is 1.46. The van der Waals surface area contributed by atoms with Gasteiger partial charge in [0.2, 0.25) is 0 Å². The van der Waals surface area contributed by atoms with Crippen LogP contribution >= 0.6 is 0 Å². The number of carbonyl (C=O) groups is 2. The van der Waals surface area contributed by atoms with Crippen molar-refractivity contribution in [1.29, 1.82) is 0 Å². The van der Waals surface area contributed by atoms with Gasteiger partial charge >= 0.3 is 5.97 Å². The summed E-state index contributed by atoms with van der Waals surface area (Å²) >= 11 is 0. The van der Waals surface area contributed by atoms with E-state index in [0.29, 0.717) is 18.5 Å². The van der Waals surface area contributed by atoms with E-state index in [9.17, 15) is 19.5 Å². The number of carbonyl (C=O) groups excluding carboxylic acids is 1. The number of carboxylic acid groups (broad SMARTS) is 1. The summed E-state index contributed by atoms with van der Waals surface area (Å²) in [5.74, 6) is -2.17. The Bertz CT molecular complexity index is 860. The Balaban J connectivity index is 1.93. The fourth-order valence-electron chi connectivity index (χ4n) is 3.39. The number of amides is 1. The summed E-state index contributed by atoms with van der Waals surface area (Å²) in [6.07, 6.45) is 5.54. The molecule has 0 bridgehead atoms. The van der Waals surface area contributed by atoms with Crippen molar-refractivity contribution < 1.29 is 14.7 Å². The maximum Gasteiger partial charge on any atom is 0.308 e. The van der Waals surface area contributed by atoms with Crippen LogP contribution in [0.15, 0.2) is 35.4 Å². The zero-order chi connectivity index (χ0) is 17.3. The Kier molecular flexibility index (Phi) is 4.09. The minimum atomic E-state index is -0.925. The number of nitrogens with one attached hydrogen (secondary N) is 1. The van der Waals surface area contributed by atoms with Crippen molar-refractivity contribution in [3.05, 3.63) is 46.5 Å². The van der Waals surface area contributed by atoms with Gasteiger partial charge in [0, 0.05) is 12.4 Å². The van der Waals surface area contributed by atoms with Crippen molar-refractivity contribution in [2.75, 3.05) is 0 Å². The average Bonchev–Trinajstić information content (AvgIpc) is 2.55. The minimum Gasteiger partial charge on any atom is -0.481 e.